The predicted molar refractivity (Wildman–Crippen MR) is 148 cm³/mol. The molecule has 9 nitrogen and oxygen atoms in total. The van der Waals surface area contributed by atoms with Gasteiger partial charge in [-0.15, -0.1) is 0 Å². The molecule has 3 aromatic carbocycles. The highest BCUT2D eigenvalue weighted by Crippen LogP contribution is 2.36. The summed E-state index contributed by atoms with van der Waals surface area (Å²) in [5, 5.41) is 3.48. The van der Waals surface area contributed by atoms with Gasteiger partial charge in [0.15, 0.2) is 6.61 Å². The summed E-state index contributed by atoms with van der Waals surface area (Å²) in [6.07, 6.45) is 0. The van der Waals surface area contributed by atoms with Gasteiger partial charge in [0.2, 0.25) is 0 Å². The SMILES string of the molecule is CC(C)C(N)C(=O)OCC(=O)Nc1ccc2c(-c3ccc(F)cc3)nc(N(C(N)=O)c3c(F)cccc3F)cc2c1. The Labute approximate surface area is 232 Å². The Morgan fingerprint density at radius 3 is 2.24 bits per heavy atom. The van der Waals surface area contributed by atoms with Gasteiger partial charge in [0, 0.05) is 16.6 Å². The largest absolute Gasteiger partial charge is 0.454 e. The molecule has 4 rings (SSSR count). The number of primary amides is 1. The second-order valence-electron chi connectivity index (χ2n) is 9.44. The zero-order valence-corrected chi connectivity index (χ0v) is 22.0. The summed E-state index contributed by atoms with van der Waals surface area (Å²) in [4.78, 5) is 42.0. The van der Waals surface area contributed by atoms with Gasteiger partial charge in [0.05, 0.1) is 5.69 Å². The van der Waals surface area contributed by atoms with Crippen LogP contribution in [-0.2, 0) is 14.3 Å². The Kier molecular flexibility index (Phi) is 8.53. The lowest BCUT2D eigenvalue weighted by atomic mass is 10.0. The van der Waals surface area contributed by atoms with Crippen molar-refractivity contribution in [3.8, 4) is 11.3 Å². The van der Waals surface area contributed by atoms with Crippen LogP contribution in [0.15, 0.2) is 66.7 Å². The first-order chi connectivity index (χ1) is 19.5. The van der Waals surface area contributed by atoms with Gasteiger partial charge < -0.3 is 21.5 Å². The number of carbonyl (C=O) groups excluding carboxylic acids is 3. The number of nitrogens with one attached hydrogen (secondary N) is 1. The number of pyridine rings is 1. The van der Waals surface area contributed by atoms with E-state index >= 15 is 0 Å². The molecule has 0 radical (unpaired) electrons. The average Bonchev–Trinajstić information content (AvgIpc) is 2.92. The zero-order chi connectivity index (χ0) is 29.8. The number of hydrogen-bond donors (Lipinski definition) is 3. The van der Waals surface area contributed by atoms with Crippen LogP contribution in [0.3, 0.4) is 0 Å². The second kappa shape index (κ2) is 12.0. The summed E-state index contributed by atoms with van der Waals surface area (Å²) in [5.74, 6) is -4.38. The van der Waals surface area contributed by atoms with Crippen molar-refractivity contribution in [3.05, 3.63) is 84.2 Å². The molecular weight excluding hydrogens is 539 g/mol. The average molecular weight is 566 g/mol. The van der Waals surface area contributed by atoms with Crippen LogP contribution in [0.2, 0.25) is 0 Å². The first-order valence-corrected chi connectivity index (χ1v) is 12.4. The molecular formula is C29H26F3N5O4. The smallest absolute Gasteiger partial charge is 0.325 e. The predicted octanol–water partition coefficient (Wildman–Crippen LogP) is 5.00. The molecule has 0 spiro atoms. The summed E-state index contributed by atoms with van der Waals surface area (Å²) in [5.41, 5.74) is 11.5. The Balaban J connectivity index is 1.77. The van der Waals surface area contributed by atoms with Gasteiger partial charge in [-0.2, -0.15) is 0 Å². The molecule has 1 aromatic heterocycles. The van der Waals surface area contributed by atoms with E-state index in [-0.39, 0.29) is 23.1 Å². The lowest BCUT2D eigenvalue weighted by Gasteiger charge is -2.22. The van der Waals surface area contributed by atoms with Crippen molar-refractivity contribution in [3.63, 3.8) is 0 Å². The third kappa shape index (κ3) is 6.44. The van der Waals surface area contributed by atoms with E-state index in [0.717, 1.165) is 18.2 Å². The number of anilines is 3. The van der Waals surface area contributed by atoms with Gasteiger partial charge in [-0.05, 0) is 65.9 Å². The molecule has 5 N–H and O–H groups in total. The number of fused-ring (bicyclic) bond motifs is 1. The van der Waals surface area contributed by atoms with Crippen LogP contribution in [0.25, 0.3) is 22.0 Å². The van der Waals surface area contributed by atoms with Crippen molar-refractivity contribution in [2.45, 2.75) is 19.9 Å². The summed E-state index contributed by atoms with van der Waals surface area (Å²) >= 11 is 0. The lowest BCUT2D eigenvalue weighted by Crippen LogP contribution is -2.38. The molecule has 0 saturated carbocycles. The monoisotopic (exact) mass is 565 g/mol. The Morgan fingerprint density at radius 1 is 0.976 bits per heavy atom. The summed E-state index contributed by atoms with van der Waals surface area (Å²) in [7, 11) is 0. The number of rotatable bonds is 8. The van der Waals surface area contributed by atoms with Gasteiger partial charge in [-0.3, -0.25) is 9.59 Å². The molecule has 41 heavy (non-hydrogen) atoms. The van der Waals surface area contributed by atoms with Crippen molar-refractivity contribution in [2.75, 3.05) is 16.8 Å². The Morgan fingerprint density at radius 2 is 1.63 bits per heavy atom. The minimum Gasteiger partial charge on any atom is -0.454 e. The maximum atomic E-state index is 14.7. The van der Waals surface area contributed by atoms with Crippen LogP contribution in [0.4, 0.5) is 35.2 Å². The van der Waals surface area contributed by atoms with Crippen molar-refractivity contribution in [2.24, 2.45) is 17.4 Å². The van der Waals surface area contributed by atoms with Crippen LogP contribution in [0.5, 0.6) is 0 Å². The molecule has 12 heteroatoms. The number of aromatic nitrogens is 1. The number of nitrogens with two attached hydrogens (primary N) is 2. The molecule has 212 valence electrons. The standard InChI is InChI=1S/C29H26F3N5O4/c1-15(2)25(33)28(39)41-14-24(38)35-19-10-11-20-17(12-19)13-23(36-26(20)16-6-8-18(30)9-7-16)37(29(34)40)27-21(31)4-3-5-22(27)32/h3-13,15,25H,14,33H2,1-2H3,(H2,34,40)(H,35,38). The zero-order valence-electron chi connectivity index (χ0n) is 22.0. The van der Waals surface area contributed by atoms with Crippen molar-refractivity contribution in [1.82, 2.24) is 4.98 Å². The highest BCUT2D eigenvalue weighted by atomic mass is 19.1. The Bertz CT molecular complexity index is 1610. The van der Waals surface area contributed by atoms with E-state index in [1.54, 1.807) is 26.0 Å². The fourth-order valence-corrected chi connectivity index (χ4v) is 4.01. The molecule has 0 aliphatic rings. The number of benzene rings is 3. The second-order valence-corrected chi connectivity index (χ2v) is 9.44. The molecule has 0 aliphatic carbocycles. The number of hydrogen-bond acceptors (Lipinski definition) is 6. The molecule has 0 aliphatic heterocycles. The number of amides is 3. The molecule has 4 aromatic rings. The van der Waals surface area contributed by atoms with Gasteiger partial charge >= 0.3 is 12.0 Å². The molecule has 1 heterocycles. The number of nitrogens with zero attached hydrogens (tertiary/aromatic N) is 2. The van der Waals surface area contributed by atoms with Gasteiger partial charge in [0.25, 0.3) is 5.91 Å². The maximum absolute atomic E-state index is 14.7. The van der Waals surface area contributed by atoms with Crippen LogP contribution in [0.1, 0.15) is 13.8 Å². The van der Waals surface area contributed by atoms with Crippen LogP contribution < -0.4 is 21.7 Å². The third-order valence-electron chi connectivity index (χ3n) is 6.17. The number of halogens is 3. The molecule has 0 saturated heterocycles. The van der Waals surface area contributed by atoms with Crippen LogP contribution in [0, 0.1) is 23.4 Å². The van der Waals surface area contributed by atoms with Gasteiger partial charge in [0.1, 0.15) is 35.0 Å². The Hall–Kier alpha value is -4.97. The molecule has 0 bridgehead atoms. The van der Waals surface area contributed by atoms with E-state index in [0.29, 0.717) is 21.2 Å². The highest BCUT2D eigenvalue weighted by Gasteiger charge is 2.26. The van der Waals surface area contributed by atoms with E-state index in [1.165, 1.54) is 36.4 Å². The van der Waals surface area contributed by atoms with E-state index in [2.05, 4.69) is 10.3 Å². The number of carbonyl (C=O) groups is 3. The molecule has 1 unspecified atom stereocenters. The first-order valence-electron chi connectivity index (χ1n) is 12.4. The summed E-state index contributed by atoms with van der Waals surface area (Å²) < 4.78 is 48.1. The fourth-order valence-electron chi connectivity index (χ4n) is 4.01. The van der Waals surface area contributed by atoms with Crippen molar-refractivity contribution in [1.29, 1.82) is 0 Å². The quantitative estimate of drug-likeness (QED) is 0.257. The minimum atomic E-state index is -1.21. The fraction of sp³-hybridized carbons (Fsp3) is 0.172. The van der Waals surface area contributed by atoms with E-state index in [1.807, 2.05) is 0 Å². The highest BCUT2D eigenvalue weighted by molar-refractivity contribution is 6.04. The summed E-state index contributed by atoms with van der Waals surface area (Å²) in [6.45, 7) is 2.90. The molecule has 3 amide bonds. The molecule has 0 fully saturated rings. The van der Waals surface area contributed by atoms with Crippen LogP contribution >= 0.6 is 0 Å². The number of esters is 1. The number of para-hydroxylation sites is 1. The van der Waals surface area contributed by atoms with Gasteiger partial charge in [-0.1, -0.05) is 26.0 Å². The maximum Gasteiger partial charge on any atom is 0.325 e. The van der Waals surface area contributed by atoms with Crippen molar-refractivity contribution >= 4 is 45.9 Å². The lowest BCUT2D eigenvalue weighted by molar-refractivity contribution is -0.149. The topological polar surface area (TPSA) is 141 Å². The summed E-state index contributed by atoms with van der Waals surface area (Å²) in [6, 6.07) is 12.3. The van der Waals surface area contributed by atoms with Gasteiger partial charge in [-0.25, -0.2) is 27.8 Å². The van der Waals surface area contributed by atoms with E-state index < -0.39 is 53.7 Å². The van der Waals surface area contributed by atoms with Crippen LogP contribution in [-0.4, -0.2) is 35.5 Å². The minimum absolute atomic E-state index is 0.179. The van der Waals surface area contributed by atoms with E-state index in [9.17, 15) is 27.6 Å². The molecule has 1 atom stereocenters. The first kappa shape index (κ1) is 29.0. The number of urea groups is 1. The normalized spacial score (nSPS) is 11.8. The third-order valence-corrected chi connectivity index (χ3v) is 6.17. The van der Waals surface area contributed by atoms with E-state index in [4.69, 9.17) is 16.2 Å². The number of ether oxygens (including phenoxy) is 1. The van der Waals surface area contributed by atoms with Crippen molar-refractivity contribution < 1.29 is 32.3 Å².